The van der Waals surface area contributed by atoms with Gasteiger partial charge in [0.1, 0.15) is 11.4 Å². The van der Waals surface area contributed by atoms with Crippen LogP contribution in [-0.4, -0.2) is 34.8 Å². The minimum absolute atomic E-state index is 0.134. The number of aryl methyl sites for hydroxylation is 1. The maximum absolute atomic E-state index is 12.1. The zero-order valence-corrected chi connectivity index (χ0v) is 13.8. The van der Waals surface area contributed by atoms with Gasteiger partial charge in [0.15, 0.2) is 0 Å². The summed E-state index contributed by atoms with van der Waals surface area (Å²) in [6.07, 6.45) is 1.48. The monoisotopic (exact) mass is 306 g/mol. The molecular weight excluding hydrogens is 280 g/mol. The van der Waals surface area contributed by atoms with Gasteiger partial charge in [-0.25, -0.2) is 4.79 Å². The number of hydrogen-bond donors (Lipinski definition) is 2. The molecule has 0 aliphatic carbocycles. The fraction of sp³-hybridized carbons (Fsp3) is 0.588. The maximum Gasteiger partial charge on any atom is 0.410 e. The molecule has 5 heteroatoms. The van der Waals surface area contributed by atoms with Gasteiger partial charge in [-0.1, -0.05) is 0 Å². The van der Waals surface area contributed by atoms with E-state index in [1.54, 1.807) is 11.0 Å². The van der Waals surface area contributed by atoms with E-state index in [2.05, 4.69) is 0 Å². The number of nitrogens with two attached hydrogens (primary N) is 1. The molecule has 0 radical (unpaired) electrons. The van der Waals surface area contributed by atoms with E-state index >= 15 is 0 Å². The van der Waals surface area contributed by atoms with Crippen molar-refractivity contribution < 1.29 is 14.6 Å². The molecular formula is C17H26N2O3. The number of rotatable bonds is 1. The molecule has 1 aromatic rings. The third-order valence-electron chi connectivity index (χ3n) is 4.00. The normalized spacial score (nSPS) is 16.6. The number of hydrogen-bond acceptors (Lipinski definition) is 4. The first-order chi connectivity index (χ1) is 10.2. The lowest BCUT2D eigenvalue weighted by Crippen LogP contribution is -2.41. The van der Waals surface area contributed by atoms with E-state index in [1.807, 2.05) is 33.8 Å². The number of phenolic OH excluding ortho intramolecular Hbond substituents is 1. The second-order valence-corrected chi connectivity index (χ2v) is 7.01. The van der Waals surface area contributed by atoms with Crippen LogP contribution in [0.4, 0.5) is 10.5 Å². The van der Waals surface area contributed by atoms with Gasteiger partial charge in [-0.05, 0) is 69.7 Å². The van der Waals surface area contributed by atoms with Crippen molar-refractivity contribution >= 4 is 11.8 Å². The molecule has 5 nitrogen and oxygen atoms in total. The van der Waals surface area contributed by atoms with E-state index in [1.165, 1.54) is 0 Å². The lowest BCUT2D eigenvalue weighted by Gasteiger charge is -2.34. The van der Waals surface area contributed by atoms with E-state index in [0.717, 1.165) is 24.0 Å². The molecule has 122 valence electrons. The largest absolute Gasteiger partial charge is 0.506 e. The molecule has 0 spiro atoms. The Balaban J connectivity index is 2.01. The Bertz CT molecular complexity index is 556. The summed E-state index contributed by atoms with van der Waals surface area (Å²) in [5.41, 5.74) is 7.87. The van der Waals surface area contributed by atoms with Gasteiger partial charge in [0, 0.05) is 13.1 Å². The smallest absolute Gasteiger partial charge is 0.410 e. The Labute approximate surface area is 132 Å². The van der Waals surface area contributed by atoms with Crippen LogP contribution >= 0.6 is 0 Å². The molecule has 0 bridgehead atoms. The van der Waals surface area contributed by atoms with Crippen LogP contribution in [0, 0.1) is 6.92 Å². The zero-order chi connectivity index (χ0) is 16.5. The lowest BCUT2D eigenvalue weighted by atomic mass is 9.86. The summed E-state index contributed by atoms with van der Waals surface area (Å²) in [5.74, 6) is 0.473. The number of phenols is 1. The molecule has 1 heterocycles. The van der Waals surface area contributed by atoms with Crippen molar-refractivity contribution in [3.8, 4) is 5.75 Å². The molecule has 1 fully saturated rings. The van der Waals surface area contributed by atoms with Crippen LogP contribution < -0.4 is 5.73 Å². The molecule has 0 aromatic heterocycles. The van der Waals surface area contributed by atoms with Gasteiger partial charge in [-0.3, -0.25) is 0 Å². The first-order valence-electron chi connectivity index (χ1n) is 7.74. The lowest BCUT2D eigenvalue weighted by molar-refractivity contribution is 0.0204. The SMILES string of the molecule is Cc1cc(N)c(O)cc1C1CCN(C(=O)OC(C)(C)C)CC1. The van der Waals surface area contributed by atoms with Gasteiger partial charge in [0.05, 0.1) is 5.69 Å². The second-order valence-electron chi connectivity index (χ2n) is 7.01. The van der Waals surface area contributed by atoms with E-state index < -0.39 is 5.60 Å². The number of benzene rings is 1. The number of nitrogens with zero attached hydrogens (tertiary/aromatic N) is 1. The predicted molar refractivity (Wildman–Crippen MR) is 87.0 cm³/mol. The highest BCUT2D eigenvalue weighted by Gasteiger charge is 2.28. The highest BCUT2D eigenvalue weighted by atomic mass is 16.6. The Hall–Kier alpha value is -1.91. The van der Waals surface area contributed by atoms with Crippen molar-refractivity contribution in [1.29, 1.82) is 0 Å². The third-order valence-corrected chi connectivity index (χ3v) is 4.00. The van der Waals surface area contributed by atoms with Crippen molar-refractivity contribution in [2.45, 2.75) is 52.1 Å². The summed E-state index contributed by atoms with van der Waals surface area (Å²) in [7, 11) is 0. The number of carbonyl (C=O) groups excluding carboxylic acids is 1. The van der Waals surface area contributed by atoms with E-state index in [9.17, 15) is 9.90 Å². The predicted octanol–water partition coefficient (Wildman–Crippen LogP) is 3.40. The van der Waals surface area contributed by atoms with E-state index in [0.29, 0.717) is 24.7 Å². The number of amides is 1. The first kappa shape index (κ1) is 16.5. The molecule has 1 aliphatic heterocycles. The third kappa shape index (κ3) is 3.84. The van der Waals surface area contributed by atoms with Crippen LogP contribution in [0.15, 0.2) is 12.1 Å². The van der Waals surface area contributed by atoms with Crippen LogP contribution in [0.1, 0.15) is 50.7 Å². The van der Waals surface area contributed by atoms with Gasteiger partial charge in [0.25, 0.3) is 0 Å². The van der Waals surface area contributed by atoms with Crippen LogP contribution in [0.2, 0.25) is 0 Å². The number of ether oxygens (including phenoxy) is 1. The molecule has 1 amide bonds. The molecule has 1 aliphatic rings. The fourth-order valence-electron chi connectivity index (χ4n) is 2.87. The van der Waals surface area contributed by atoms with Gasteiger partial charge < -0.3 is 20.5 Å². The molecule has 22 heavy (non-hydrogen) atoms. The van der Waals surface area contributed by atoms with Gasteiger partial charge in [0.2, 0.25) is 0 Å². The first-order valence-corrected chi connectivity index (χ1v) is 7.74. The Morgan fingerprint density at radius 2 is 1.91 bits per heavy atom. The Kier molecular flexibility index (Phi) is 4.54. The van der Waals surface area contributed by atoms with Crippen molar-refractivity contribution in [3.63, 3.8) is 0 Å². The van der Waals surface area contributed by atoms with Crippen LogP contribution in [0.3, 0.4) is 0 Å². The van der Waals surface area contributed by atoms with Crippen LogP contribution in [0.5, 0.6) is 5.75 Å². The van der Waals surface area contributed by atoms with Crippen molar-refractivity contribution in [1.82, 2.24) is 4.90 Å². The minimum atomic E-state index is -0.465. The summed E-state index contributed by atoms with van der Waals surface area (Å²) in [6, 6.07) is 3.57. The average molecular weight is 306 g/mol. The molecule has 2 rings (SSSR count). The highest BCUT2D eigenvalue weighted by Crippen LogP contribution is 2.35. The van der Waals surface area contributed by atoms with Gasteiger partial charge >= 0.3 is 6.09 Å². The summed E-state index contributed by atoms with van der Waals surface area (Å²) in [5, 5.41) is 9.81. The molecule has 1 aromatic carbocycles. The number of nitrogen functional groups attached to an aromatic ring is 1. The quantitative estimate of drug-likeness (QED) is 0.616. The summed E-state index contributed by atoms with van der Waals surface area (Å²) in [6.45, 7) is 8.97. The summed E-state index contributed by atoms with van der Waals surface area (Å²) in [4.78, 5) is 13.8. The maximum atomic E-state index is 12.1. The molecule has 0 atom stereocenters. The van der Waals surface area contributed by atoms with Crippen LogP contribution in [0.25, 0.3) is 0 Å². The van der Waals surface area contributed by atoms with Gasteiger partial charge in [-0.15, -0.1) is 0 Å². The molecule has 3 N–H and O–H groups in total. The number of likely N-dealkylation sites (tertiary alicyclic amines) is 1. The van der Waals surface area contributed by atoms with E-state index in [4.69, 9.17) is 10.5 Å². The molecule has 0 saturated carbocycles. The van der Waals surface area contributed by atoms with Crippen molar-refractivity contribution in [2.24, 2.45) is 0 Å². The number of aromatic hydroxyl groups is 1. The molecule has 0 unspecified atom stereocenters. The second kappa shape index (κ2) is 6.07. The van der Waals surface area contributed by atoms with Crippen LogP contribution in [-0.2, 0) is 4.74 Å². The number of carbonyl (C=O) groups is 1. The molecule has 1 saturated heterocycles. The van der Waals surface area contributed by atoms with Crippen molar-refractivity contribution in [2.75, 3.05) is 18.8 Å². The highest BCUT2D eigenvalue weighted by molar-refractivity contribution is 5.68. The van der Waals surface area contributed by atoms with Gasteiger partial charge in [-0.2, -0.15) is 0 Å². The summed E-state index contributed by atoms with van der Waals surface area (Å²) < 4.78 is 5.41. The fourth-order valence-corrected chi connectivity index (χ4v) is 2.87. The Morgan fingerprint density at radius 3 is 2.45 bits per heavy atom. The Morgan fingerprint density at radius 1 is 1.32 bits per heavy atom. The minimum Gasteiger partial charge on any atom is -0.506 e. The number of anilines is 1. The topological polar surface area (TPSA) is 75.8 Å². The van der Waals surface area contributed by atoms with Crippen molar-refractivity contribution in [3.05, 3.63) is 23.3 Å². The average Bonchev–Trinajstić information content (AvgIpc) is 2.41. The number of piperidine rings is 1. The van der Waals surface area contributed by atoms with E-state index in [-0.39, 0.29) is 11.8 Å². The standard InChI is InChI=1S/C17H26N2O3/c1-11-9-14(18)15(20)10-13(11)12-5-7-19(8-6-12)16(21)22-17(2,3)4/h9-10,12,20H,5-8,18H2,1-4H3. The zero-order valence-electron chi connectivity index (χ0n) is 13.8. The summed E-state index contributed by atoms with van der Waals surface area (Å²) >= 11 is 0.